The Labute approximate surface area is 110 Å². The predicted octanol–water partition coefficient (Wildman–Crippen LogP) is 1.76. The van der Waals surface area contributed by atoms with Gasteiger partial charge < -0.3 is 10.3 Å². The first-order valence-electron chi connectivity index (χ1n) is 6.05. The highest BCUT2D eigenvalue weighted by Crippen LogP contribution is 2.35. The number of hydrazine groups is 1. The molecule has 2 rings (SSSR count). The lowest BCUT2D eigenvalue weighted by molar-refractivity contribution is -0.384. The first-order chi connectivity index (χ1) is 9.15. The van der Waals surface area contributed by atoms with Crippen LogP contribution in [0.15, 0.2) is 18.2 Å². The van der Waals surface area contributed by atoms with Gasteiger partial charge in [0.2, 0.25) is 0 Å². The van der Waals surface area contributed by atoms with Gasteiger partial charge in [0.15, 0.2) is 0 Å². The Morgan fingerprint density at radius 2 is 2.26 bits per heavy atom. The molecule has 19 heavy (non-hydrogen) atoms. The zero-order valence-corrected chi connectivity index (χ0v) is 10.4. The van der Waals surface area contributed by atoms with E-state index >= 15 is 0 Å². The standard InChI is InChI=1S/C12H15N5O2/c13-4-1-5-16(10-2-3-10)11-6-9(15-14)7-12(8-11)17(18)19/h6-8,10,15H,1-3,5,14H2. The van der Waals surface area contributed by atoms with Gasteiger partial charge in [-0.3, -0.25) is 16.0 Å². The molecule has 1 aromatic carbocycles. The summed E-state index contributed by atoms with van der Waals surface area (Å²) in [6.07, 6.45) is 2.50. The van der Waals surface area contributed by atoms with E-state index in [1.165, 1.54) is 12.1 Å². The summed E-state index contributed by atoms with van der Waals surface area (Å²) in [5, 5.41) is 19.6. The lowest BCUT2D eigenvalue weighted by Crippen LogP contribution is -2.26. The van der Waals surface area contributed by atoms with Gasteiger partial charge in [0.25, 0.3) is 5.69 Å². The summed E-state index contributed by atoms with van der Waals surface area (Å²) in [6.45, 7) is 0.576. The Morgan fingerprint density at radius 3 is 2.79 bits per heavy atom. The van der Waals surface area contributed by atoms with Crippen molar-refractivity contribution in [2.24, 2.45) is 5.84 Å². The summed E-state index contributed by atoms with van der Waals surface area (Å²) in [5.74, 6) is 5.34. The number of non-ortho nitro benzene ring substituents is 1. The number of nitro groups is 1. The number of benzene rings is 1. The molecule has 1 aromatic rings. The normalized spacial score (nSPS) is 13.7. The third kappa shape index (κ3) is 3.11. The van der Waals surface area contributed by atoms with Crippen molar-refractivity contribution >= 4 is 17.1 Å². The number of nitro benzene ring substituents is 1. The molecule has 0 heterocycles. The van der Waals surface area contributed by atoms with Gasteiger partial charge in [-0.05, 0) is 18.9 Å². The van der Waals surface area contributed by atoms with E-state index in [0.717, 1.165) is 18.5 Å². The molecule has 0 aliphatic heterocycles. The molecule has 0 amide bonds. The molecule has 1 aliphatic carbocycles. The van der Waals surface area contributed by atoms with E-state index in [1.54, 1.807) is 6.07 Å². The third-order valence-corrected chi connectivity index (χ3v) is 3.06. The quantitative estimate of drug-likeness (QED) is 0.459. The van der Waals surface area contributed by atoms with Gasteiger partial charge in [-0.2, -0.15) is 5.26 Å². The van der Waals surface area contributed by atoms with Crippen molar-refractivity contribution in [2.75, 3.05) is 16.9 Å². The van der Waals surface area contributed by atoms with Crippen LogP contribution < -0.4 is 16.2 Å². The first kappa shape index (κ1) is 13.1. The van der Waals surface area contributed by atoms with Crippen LogP contribution in [0.2, 0.25) is 0 Å². The molecule has 7 heteroatoms. The molecule has 0 aromatic heterocycles. The molecule has 0 spiro atoms. The number of hydrogen-bond acceptors (Lipinski definition) is 6. The SMILES string of the molecule is N#CCCN(c1cc(NN)cc([N+](=O)[O-])c1)C1CC1. The summed E-state index contributed by atoms with van der Waals surface area (Å²) in [7, 11) is 0. The van der Waals surface area contributed by atoms with Gasteiger partial charge in [-0.25, -0.2) is 0 Å². The number of rotatable bonds is 6. The van der Waals surface area contributed by atoms with Gasteiger partial charge in [-0.1, -0.05) is 0 Å². The Kier molecular flexibility index (Phi) is 3.82. The number of nitrogens with zero attached hydrogens (tertiary/aromatic N) is 3. The van der Waals surface area contributed by atoms with Crippen LogP contribution in [0.25, 0.3) is 0 Å². The van der Waals surface area contributed by atoms with Gasteiger partial charge in [0.1, 0.15) is 0 Å². The van der Waals surface area contributed by atoms with Crippen molar-refractivity contribution in [1.82, 2.24) is 0 Å². The van der Waals surface area contributed by atoms with Crippen LogP contribution in [-0.2, 0) is 0 Å². The Balaban J connectivity index is 2.32. The molecule has 1 saturated carbocycles. The fourth-order valence-corrected chi connectivity index (χ4v) is 2.03. The maximum Gasteiger partial charge on any atom is 0.273 e. The molecule has 0 saturated heterocycles. The number of nitrogens with two attached hydrogens (primary N) is 1. The molecule has 3 N–H and O–H groups in total. The molecular formula is C12H15N5O2. The summed E-state index contributed by atoms with van der Waals surface area (Å²) < 4.78 is 0. The molecular weight excluding hydrogens is 246 g/mol. The molecule has 100 valence electrons. The Morgan fingerprint density at radius 1 is 1.53 bits per heavy atom. The van der Waals surface area contributed by atoms with Gasteiger partial charge >= 0.3 is 0 Å². The highest BCUT2D eigenvalue weighted by Gasteiger charge is 2.30. The molecule has 0 bridgehead atoms. The van der Waals surface area contributed by atoms with Crippen molar-refractivity contribution in [2.45, 2.75) is 25.3 Å². The van der Waals surface area contributed by atoms with Gasteiger partial charge in [0, 0.05) is 30.4 Å². The second-order valence-corrected chi connectivity index (χ2v) is 4.47. The fraction of sp³-hybridized carbons (Fsp3) is 0.417. The molecule has 1 fully saturated rings. The van der Waals surface area contributed by atoms with Crippen LogP contribution >= 0.6 is 0 Å². The van der Waals surface area contributed by atoms with Crippen LogP contribution in [0.5, 0.6) is 0 Å². The van der Waals surface area contributed by atoms with Crippen LogP contribution in [0, 0.1) is 21.4 Å². The van der Waals surface area contributed by atoms with Crippen LogP contribution in [0.1, 0.15) is 19.3 Å². The van der Waals surface area contributed by atoms with Crippen molar-refractivity contribution in [1.29, 1.82) is 5.26 Å². The number of nitrogens with one attached hydrogen (secondary N) is 1. The van der Waals surface area contributed by atoms with Crippen LogP contribution in [0.4, 0.5) is 17.1 Å². The predicted molar refractivity (Wildman–Crippen MR) is 71.5 cm³/mol. The molecule has 0 atom stereocenters. The van der Waals surface area contributed by atoms with E-state index in [4.69, 9.17) is 11.1 Å². The minimum atomic E-state index is -0.445. The summed E-state index contributed by atoms with van der Waals surface area (Å²) >= 11 is 0. The van der Waals surface area contributed by atoms with E-state index in [9.17, 15) is 10.1 Å². The van der Waals surface area contributed by atoms with E-state index in [2.05, 4.69) is 11.5 Å². The topological polar surface area (TPSA) is 108 Å². The largest absolute Gasteiger partial charge is 0.367 e. The minimum Gasteiger partial charge on any atom is -0.367 e. The van der Waals surface area contributed by atoms with E-state index in [1.807, 2.05) is 4.90 Å². The fourth-order valence-electron chi connectivity index (χ4n) is 2.03. The monoisotopic (exact) mass is 261 g/mol. The molecule has 0 unspecified atom stereocenters. The number of anilines is 2. The second-order valence-electron chi connectivity index (χ2n) is 4.47. The van der Waals surface area contributed by atoms with Crippen molar-refractivity contribution in [3.8, 4) is 6.07 Å². The van der Waals surface area contributed by atoms with Crippen molar-refractivity contribution in [3.63, 3.8) is 0 Å². The van der Waals surface area contributed by atoms with Gasteiger partial charge in [0.05, 0.1) is 23.1 Å². The maximum absolute atomic E-state index is 10.9. The number of nitrogen functional groups attached to an aromatic ring is 1. The second kappa shape index (κ2) is 5.54. The lowest BCUT2D eigenvalue weighted by Gasteiger charge is -2.23. The maximum atomic E-state index is 10.9. The van der Waals surface area contributed by atoms with E-state index < -0.39 is 4.92 Å². The number of hydrogen-bond donors (Lipinski definition) is 2. The highest BCUT2D eigenvalue weighted by molar-refractivity contribution is 5.65. The molecule has 1 aliphatic rings. The minimum absolute atomic E-state index is 0.00643. The van der Waals surface area contributed by atoms with Gasteiger partial charge in [-0.15, -0.1) is 0 Å². The van der Waals surface area contributed by atoms with E-state index in [-0.39, 0.29) is 5.69 Å². The third-order valence-electron chi connectivity index (χ3n) is 3.06. The summed E-state index contributed by atoms with van der Waals surface area (Å²) in [5.41, 5.74) is 3.66. The first-order valence-corrected chi connectivity index (χ1v) is 6.05. The van der Waals surface area contributed by atoms with Crippen LogP contribution in [-0.4, -0.2) is 17.5 Å². The average Bonchev–Trinajstić information content (AvgIpc) is 3.23. The number of nitriles is 1. The summed E-state index contributed by atoms with van der Waals surface area (Å²) in [4.78, 5) is 12.5. The summed E-state index contributed by atoms with van der Waals surface area (Å²) in [6, 6.07) is 7.16. The highest BCUT2D eigenvalue weighted by atomic mass is 16.6. The molecule has 0 radical (unpaired) electrons. The van der Waals surface area contributed by atoms with E-state index in [0.29, 0.717) is 24.7 Å². The average molecular weight is 261 g/mol. The van der Waals surface area contributed by atoms with Crippen molar-refractivity contribution in [3.05, 3.63) is 28.3 Å². The van der Waals surface area contributed by atoms with Crippen LogP contribution in [0.3, 0.4) is 0 Å². The molecule has 7 nitrogen and oxygen atoms in total. The smallest absolute Gasteiger partial charge is 0.273 e. The zero-order valence-electron chi connectivity index (χ0n) is 10.4. The lowest BCUT2D eigenvalue weighted by atomic mass is 10.2. The zero-order chi connectivity index (χ0) is 13.8. The van der Waals surface area contributed by atoms with Crippen molar-refractivity contribution < 1.29 is 4.92 Å². The Bertz CT molecular complexity index is 521. The Hall–Kier alpha value is -2.33.